The number of aliphatic hydroxyl groups excluding tert-OH is 1. The Morgan fingerprint density at radius 3 is 2.39 bits per heavy atom. The van der Waals surface area contributed by atoms with Gasteiger partial charge >= 0.3 is 6.18 Å². The summed E-state index contributed by atoms with van der Waals surface area (Å²) in [5.41, 5.74) is 2.68. The summed E-state index contributed by atoms with van der Waals surface area (Å²) < 4.78 is 59.7. The Labute approximate surface area is 268 Å². The molecular weight excluding hydrogens is 622 g/mol. The fraction of sp³-hybridized carbons (Fsp3) is 0.229. The number of furan rings is 1. The second-order valence-corrected chi connectivity index (χ2v) is 11.8. The number of allylic oxidation sites excluding steroid dienone is 1. The van der Waals surface area contributed by atoms with Crippen LogP contribution in [0.2, 0.25) is 5.02 Å². The predicted octanol–water partition coefficient (Wildman–Crippen LogP) is 9.46. The summed E-state index contributed by atoms with van der Waals surface area (Å²) in [6.45, 7) is 8.74. The zero-order valence-corrected chi connectivity index (χ0v) is 26.0. The third kappa shape index (κ3) is 6.62. The second kappa shape index (κ2) is 12.6. The molecule has 5 rings (SSSR count). The van der Waals surface area contributed by atoms with Crippen molar-refractivity contribution in [1.82, 2.24) is 14.9 Å². The fourth-order valence-corrected chi connectivity index (χ4v) is 5.22. The molecule has 0 fully saturated rings. The van der Waals surface area contributed by atoms with Crippen LogP contribution < -0.4 is 0 Å². The highest BCUT2D eigenvalue weighted by atomic mass is 35.5. The van der Waals surface area contributed by atoms with Gasteiger partial charge in [0.25, 0.3) is 5.91 Å². The van der Waals surface area contributed by atoms with Crippen LogP contribution in [0.15, 0.2) is 89.7 Å². The number of halogens is 5. The Morgan fingerprint density at radius 2 is 1.74 bits per heavy atom. The average molecular weight is 652 g/mol. The molecule has 3 aromatic heterocycles. The molecule has 0 bridgehead atoms. The van der Waals surface area contributed by atoms with E-state index in [-0.39, 0.29) is 41.2 Å². The standard InChI is InChI=1S/C35H30ClF4N3O3/c1-5-25-17-27(31-32(42-25)29(37)13-14-41-31)33(45)43(19-26-11-12-30(46-26)35(38,39)40)18-23-10-9-22(16-28(23)36)21-7-6-8-24(15-21)34(3,4)20(2)44/h6-17,44H,2,5,18-19H2,1,3-4H3. The molecule has 2 aromatic carbocycles. The van der Waals surface area contributed by atoms with Crippen LogP contribution >= 0.6 is 11.6 Å². The lowest BCUT2D eigenvalue weighted by Gasteiger charge is -2.25. The number of rotatable bonds is 9. The molecule has 0 saturated heterocycles. The van der Waals surface area contributed by atoms with Gasteiger partial charge in [-0.3, -0.25) is 9.78 Å². The third-order valence-corrected chi connectivity index (χ3v) is 8.27. The van der Waals surface area contributed by atoms with Crippen LogP contribution in [-0.4, -0.2) is 25.9 Å². The van der Waals surface area contributed by atoms with Crippen molar-refractivity contribution in [3.05, 3.63) is 130 Å². The van der Waals surface area contributed by atoms with Gasteiger partial charge in [-0.1, -0.05) is 61.5 Å². The van der Waals surface area contributed by atoms with Gasteiger partial charge in [0.05, 0.1) is 17.9 Å². The molecule has 5 aromatic rings. The van der Waals surface area contributed by atoms with Gasteiger partial charge < -0.3 is 14.4 Å². The smallest absolute Gasteiger partial charge is 0.449 e. The minimum absolute atomic E-state index is 0.0210. The normalized spacial score (nSPS) is 12.0. The molecule has 1 amide bonds. The van der Waals surface area contributed by atoms with Gasteiger partial charge in [-0.15, -0.1) is 0 Å². The molecule has 0 atom stereocenters. The lowest BCUT2D eigenvalue weighted by molar-refractivity contribution is -0.153. The molecule has 11 heteroatoms. The first-order valence-electron chi connectivity index (χ1n) is 14.4. The highest BCUT2D eigenvalue weighted by molar-refractivity contribution is 6.31. The van der Waals surface area contributed by atoms with E-state index in [2.05, 4.69) is 16.5 Å². The molecule has 46 heavy (non-hydrogen) atoms. The van der Waals surface area contributed by atoms with Crippen molar-refractivity contribution in [3.63, 3.8) is 0 Å². The number of benzene rings is 2. The van der Waals surface area contributed by atoms with Crippen molar-refractivity contribution in [3.8, 4) is 11.1 Å². The second-order valence-electron chi connectivity index (χ2n) is 11.4. The van der Waals surface area contributed by atoms with Gasteiger partial charge in [0, 0.05) is 28.9 Å². The maximum Gasteiger partial charge on any atom is 0.449 e. The number of fused-ring (bicyclic) bond motifs is 1. The number of aromatic nitrogens is 2. The van der Waals surface area contributed by atoms with Gasteiger partial charge in [-0.2, -0.15) is 13.2 Å². The van der Waals surface area contributed by atoms with E-state index in [0.29, 0.717) is 22.7 Å². The molecular formula is C35H30ClF4N3O3. The van der Waals surface area contributed by atoms with Crippen LogP contribution in [0.1, 0.15) is 59.5 Å². The van der Waals surface area contributed by atoms with E-state index < -0.39 is 29.1 Å². The Morgan fingerprint density at radius 1 is 1.00 bits per heavy atom. The van der Waals surface area contributed by atoms with Crippen LogP contribution in [0.5, 0.6) is 0 Å². The van der Waals surface area contributed by atoms with Gasteiger partial charge in [0.2, 0.25) is 5.76 Å². The number of aryl methyl sites for hydroxylation is 1. The van der Waals surface area contributed by atoms with E-state index in [0.717, 1.165) is 34.9 Å². The van der Waals surface area contributed by atoms with E-state index >= 15 is 0 Å². The number of amides is 1. The topological polar surface area (TPSA) is 79.5 Å². The minimum atomic E-state index is -4.71. The van der Waals surface area contributed by atoms with Crippen molar-refractivity contribution < 1.29 is 31.9 Å². The highest BCUT2D eigenvalue weighted by Gasteiger charge is 2.35. The first-order chi connectivity index (χ1) is 21.7. The number of carbonyl (C=O) groups is 1. The number of hydrogen-bond donors (Lipinski definition) is 1. The summed E-state index contributed by atoms with van der Waals surface area (Å²) in [4.78, 5) is 23.9. The predicted molar refractivity (Wildman–Crippen MR) is 168 cm³/mol. The fourth-order valence-electron chi connectivity index (χ4n) is 4.98. The van der Waals surface area contributed by atoms with E-state index in [1.54, 1.807) is 19.1 Å². The zero-order chi connectivity index (χ0) is 33.4. The molecule has 0 saturated carbocycles. The summed E-state index contributed by atoms with van der Waals surface area (Å²) in [5.74, 6) is -2.56. The molecule has 0 spiro atoms. The van der Waals surface area contributed by atoms with Crippen molar-refractivity contribution in [1.29, 1.82) is 0 Å². The van der Waals surface area contributed by atoms with Crippen molar-refractivity contribution in [2.45, 2.75) is 51.9 Å². The summed E-state index contributed by atoms with van der Waals surface area (Å²) in [7, 11) is 0. The average Bonchev–Trinajstić information content (AvgIpc) is 3.50. The van der Waals surface area contributed by atoms with E-state index in [1.807, 2.05) is 44.2 Å². The highest BCUT2D eigenvalue weighted by Crippen LogP contribution is 2.35. The first-order valence-corrected chi connectivity index (χ1v) is 14.7. The van der Waals surface area contributed by atoms with Gasteiger partial charge in [-0.05, 0) is 72.9 Å². The molecule has 3 heterocycles. The molecule has 0 radical (unpaired) electrons. The molecule has 0 aliphatic carbocycles. The maximum absolute atomic E-state index is 14.7. The number of pyridine rings is 2. The van der Waals surface area contributed by atoms with Gasteiger partial charge in [0.15, 0.2) is 5.82 Å². The maximum atomic E-state index is 14.7. The van der Waals surface area contributed by atoms with Crippen LogP contribution in [0.4, 0.5) is 17.6 Å². The minimum Gasteiger partial charge on any atom is -0.512 e. The molecule has 6 nitrogen and oxygen atoms in total. The van der Waals surface area contributed by atoms with Crippen LogP contribution in [0, 0.1) is 5.82 Å². The molecule has 0 aliphatic rings. The van der Waals surface area contributed by atoms with Crippen molar-refractivity contribution >= 4 is 28.5 Å². The Kier molecular flexibility index (Phi) is 8.95. The molecule has 1 N–H and O–H groups in total. The third-order valence-electron chi connectivity index (χ3n) is 7.92. The van der Waals surface area contributed by atoms with Gasteiger partial charge in [-0.25, -0.2) is 9.37 Å². The number of carbonyl (C=O) groups excluding carboxylic acids is 1. The number of hydrogen-bond acceptors (Lipinski definition) is 5. The largest absolute Gasteiger partial charge is 0.512 e. The Bertz CT molecular complexity index is 1950. The summed E-state index contributed by atoms with van der Waals surface area (Å²) >= 11 is 6.75. The lowest BCUT2D eigenvalue weighted by Crippen LogP contribution is -2.30. The molecule has 0 aliphatic heterocycles. The molecule has 238 valence electrons. The SMILES string of the molecule is C=C(O)C(C)(C)c1cccc(-c2ccc(CN(Cc3ccc(C(F)(F)F)o3)C(=O)c3cc(CC)nc4c(F)ccnc34)c(Cl)c2)c1. The quantitative estimate of drug-likeness (QED) is 0.127. The van der Waals surface area contributed by atoms with Gasteiger partial charge in [0.1, 0.15) is 16.8 Å². The van der Waals surface area contributed by atoms with Crippen molar-refractivity contribution in [2.75, 3.05) is 0 Å². The van der Waals surface area contributed by atoms with E-state index in [9.17, 15) is 27.5 Å². The Balaban J connectivity index is 1.54. The first kappa shape index (κ1) is 32.7. The van der Waals surface area contributed by atoms with Crippen LogP contribution in [0.25, 0.3) is 22.2 Å². The van der Waals surface area contributed by atoms with E-state index in [1.165, 1.54) is 17.2 Å². The molecule has 0 unspecified atom stereocenters. The van der Waals surface area contributed by atoms with Crippen molar-refractivity contribution in [2.24, 2.45) is 0 Å². The lowest BCUT2D eigenvalue weighted by atomic mass is 9.82. The summed E-state index contributed by atoms with van der Waals surface area (Å²) in [6.07, 6.45) is -3.09. The number of aliphatic hydroxyl groups is 1. The van der Waals surface area contributed by atoms with Crippen LogP contribution in [-0.2, 0) is 31.1 Å². The monoisotopic (exact) mass is 651 g/mol. The van der Waals surface area contributed by atoms with E-state index in [4.69, 9.17) is 16.0 Å². The summed E-state index contributed by atoms with van der Waals surface area (Å²) in [6, 6.07) is 17.4. The summed E-state index contributed by atoms with van der Waals surface area (Å²) in [5, 5.41) is 10.4. The Hall–Kier alpha value is -4.70. The van der Waals surface area contributed by atoms with Crippen LogP contribution in [0.3, 0.4) is 0 Å². The number of alkyl halides is 3. The number of nitrogens with zero attached hydrogens (tertiary/aromatic N) is 3. The zero-order valence-electron chi connectivity index (χ0n) is 25.3.